The third kappa shape index (κ3) is 2.92. The zero-order chi connectivity index (χ0) is 15.9. The van der Waals surface area contributed by atoms with E-state index in [0.29, 0.717) is 15.8 Å². The molecule has 114 valence electrons. The molecule has 2 aromatic carbocycles. The van der Waals surface area contributed by atoms with E-state index in [9.17, 15) is 0 Å². The van der Waals surface area contributed by atoms with Crippen molar-refractivity contribution >= 4 is 34.2 Å². The number of aryl methyl sites for hydroxylation is 2. The van der Waals surface area contributed by atoms with Crippen LogP contribution in [0.15, 0.2) is 30.3 Å². The van der Waals surface area contributed by atoms with E-state index in [1.165, 1.54) is 11.1 Å². The van der Waals surface area contributed by atoms with Crippen molar-refractivity contribution in [3.63, 3.8) is 0 Å². The van der Waals surface area contributed by atoms with Gasteiger partial charge in [0, 0.05) is 5.02 Å². The van der Waals surface area contributed by atoms with Crippen LogP contribution in [-0.2, 0) is 0 Å². The van der Waals surface area contributed by atoms with Crippen LogP contribution in [0.4, 0.5) is 0 Å². The van der Waals surface area contributed by atoms with Crippen LogP contribution in [0.3, 0.4) is 0 Å². The monoisotopic (exact) mass is 334 g/mol. The maximum Gasteiger partial charge on any atom is 0.153 e. The molecule has 0 radical (unpaired) electrons. The zero-order valence-electron chi connectivity index (χ0n) is 12.6. The van der Waals surface area contributed by atoms with Crippen molar-refractivity contribution in [2.45, 2.75) is 26.9 Å². The highest BCUT2D eigenvalue weighted by atomic mass is 35.5. The smallest absolute Gasteiger partial charge is 0.153 e. The van der Waals surface area contributed by atoms with Gasteiger partial charge in [-0.2, -0.15) is 0 Å². The number of nitrogens with zero attached hydrogens (tertiary/aromatic N) is 1. The number of imidazole rings is 1. The van der Waals surface area contributed by atoms with Gasteiger partial charge in [-0.25, -0.2) is 4.98 Å². The molecule has 1 aromatic heterocycles. The Morgan fingerprint density at radius 1 is 1.09 bits per heavy atom. The summed E-state index contributed by atoms with van der Waals surface area (Å²) >= 11 is 12.0. The molecule has 3 rings (SSSR count). The lowest BCUT2D eigenvalue weighted by Crippen LogP contribution is -2.05. The van der Waals surface area contributed by atoms with E-state index in [1.54, 1.807) is 18.2 Å². The Bertz CT molecular complexity index is 803. The Hall–Kier alpha value is -1.71. The van der Waals surface area contributed by atoms with Crippen molar-refractivity contribution in [1.29, 1.82) is 0 Å². The molecule has 1 N–H and O–H groups in total. The van der Waals surface area contributed by atoms with E-state index in [1.807, 2.05) is 6.92 Å². The first-order chi connectivity index (χ1) is 10.4. The fourth-order valence-electron chi connectivity index (χ4n) is 2.30. The van der Waals surface area contributed by atoms with Crippen LogP contribution >= 0.6 is 23.2 Å². The number of fused-ring (bicyclic) bond motifs is 1. The van der Waals surface area contributed by atoms with Gasteiger partial charge >= 0.3 is 0 Å². The fraction of sp³-hybridized carbons (Fsp3) is 0.235. The Balaban J connectivity index is 1.90. The first kappa shape index (κ1) is 15.2. The summed E-state index contributed by atoms with van der Waals surface area (Å²) in [5.41, 5.74) is 4.41. The number of rotatable bonds is 3. The van der Waals surface area contributed by atoms with Gasteiger partial charge in [-0.05, 0) is 62.2 Å². The number of nitrogens with one attached hydrogen (secondary N) is 1. The summed E-state index contributed by atoms with van der Waals surface area (Å²) in [4.78, 5) is 7.92. The molecule has 0 aliphatic rings. The number of aromatic amines is 1. The molecule has 1 unspecified atom stereocenters. The summed E-state index contributed by atoms with van der Waals surface area (Å²) in [6.45, 7) is 6.10. The van der Waals surface area contributed by atoms with Gasteiger partial charge < -0.3 is 9.72 Å². The van der Waals surface area contributed by atoms with Crippen molar-refractivity contribution in [1.82, 2.24) is 9.97 Å². The zero-order valence-corrected chi connectivity index (χ0v) is 14.1. The molecular formula is C17H16Cl2N2O. The highest BCUT2D eigenvalue weighted by Gasteiger charge is 2.15. The van der Waals surface area contributed by atoms with Gasteiger partial charge in [-0.1, -0.05) is 23.2 Å². The first-order valence-corrected chi connectivity index (χ1v) is 7.78. The molecule has 22 heavy (non-hydrogen) atoms. The molecule has 0 amide bonds. The number of hydrogen-bond donors (Lipinski definition) is 1. The Kier molecular flexibility index (Phi) is 4.02. The summed E-state index contributed by atoms with van der Waals surface area (Å²) in [5.74, 6) is 1.36. The van der Waals surface area contributed by atoms with E-state index in [0.717, 1.165) is 16.9 Å². The van der Waals surface area contributed by atoms with E-state index < -0.39 is 0 Å². The van der Waals surface area contributed by atoms with Gasteiger partial charge in [0.15, 0.2) is 6.10 Å². The SMILES string of the molecule is Cc1cc2nc(C(C)Oc3ccc(Cl)cc3Cl)[nH]c2cc1C. The minimum absolute atomic E-state index is 0.244. The van der Waals surface area contributed by atoms with E-state index in [4.69, 9.17) is 27.9 Å². The third-order valence-corrected chi connectivity index (χ3v) is 4.23. The van der Waals surface area contributed by atoms with Gasteiger partial charge in [-0.3, -0.25) is 0 Å². The predicted octanol–water partition coefficient (Wildman–Crippen LogP) is 5.63. The van der Waals surface area contributed by atoms with E-state index >= 15 is 0 Å². The van der Waals surface area contributed by atoms with E-state index in [-0.39, 0.29) is 6.10 Å². The van der Waals surface area contributed by atoms with Crippen LogP contribution in [0.1, 0.15) is 30.0 Å². The van der Waals surface area contributed by atoms with Crippen LogP contribution in [0.2, 0.25) is 10.0 Å². The normalized spacial score (nSPS) is 12.6. The van der Waals surface area contributed by atoms with E-state index in [2.05, 4.69) is 35.9 Å². The molecule has 0 bridgehead atoms. The maximum absolute atomic E-state index is 6.14. The molecule has 5 heteroatoms. The molecule has 0 saturated carbocycles. The molecular weight excluding hydrogens is 319 g/mol. The highest BCUT2D eigenvalue weighted by Crippen LogP contribution is 2.31. The number of hydrogen-bond acceptors (Lipinski definition) is 2. The predicted molar refractivity (Wildman–Crippen MR) is 91.1 cm³/mol. The number of halogens is 2. The Morgan fingerprint density at radius 2 is 1.82 bits per heavy atom. The Labute approximate surface area is 139 Å². The first-order valence-electron chi connectivity index (χ1n) is 7.02. The summed E-state index contributed by atoms with van der Waals surface area (Å²) in [6, 6.07) is 9.35. The van der Waals surface area contributed by atoms with Crippen molar-refractivity contribution < 1.29 is 4.74 Å². The molecule has 0 aliphatic carbocycles. The minimum atomic E-state index is -0.244. The van der Waals surface area contributed by atoms with Crippen LogP contribution in [0.5, 0.6) is 5.75 Å². The van der Waals surface area contributed by atoms with Crippen molar-refractivity contribution in [3.05, 3.63) is 57.3 Å². The number of ether oxygens (including phenoxy) is 1. The standard InChI is InChI=1S/C17H16Cl2N2O/c1-9-6-14-15(7-10(9)2)21-17(20-14)11(3)22-16-5-4-12(18)8-13(16)19/h4-8,11H,1-3H3,(H,20,21). The molecule has 0 aliphatic heterocycles. The third-order valence-electron chi connectivity index (χ3n) is 3.70. The lowest BCUT2D eigenvalue weighted by molar-refractivity contribution is 0.218. The van der Waals surface area contributed by atoms with Crippen molar-refractivity contribution in [2.24, 2.45) is 0 Å². The molecule has 0 fully saturated rings. The lowest BCUT2D eigenvalue weighted by atomic mass is 10.1. The molecule has 0 spiro atoms. The van der Waals surface area contributed by atoms with Gasteiger partial charge in [-0.15, -0.1) is 0 Å². The number of H-pyrrole nitrogens is 1. The minimum Gasteiger partial charge on any atom is -0.481 e. The molecule has 3 aromatic rings. The second-order valence-corrected chi connectivity index (χ2v) is 6.25. The van der Waals surface area contributed by atoms with Gasteiger partial charge in [0.25, 0.3) is 0 Å². The average Bonchev–Trinajstić information content (AvgIpc) is 2.85. The molecule has 0 saturated heterocycles. The second-order valence-electron chi connectivity index (χ2n) is 5.41. The average molecular weight is 335 g/mol. The number of aromatic nitrogens is 2. The second kappa shape index (κ2) is 5.82. The number of benzene rings is 2. The van der Waals surface area contributed by atoms with Crippen LogP contribution in [0, 0.1) is 13.8 Å². The molecule has 3 nitrogen and oxygen atoms in total. The van der Waals surface area contributed by atoms with Crippen molar-refractivity contribution in [2.75, 3.05) is 0 Å². The van der Waals surface area contributed by atoms with Crippen LogP contribution < -0.4 is 4.74 Å². The summed E-state index contributed by atoms with van der Waals surface area (Å²) < 4.78 is 5.89. The summed E-state index contributed by atoms with van der Waals surface area (Å²) in [6.07, 6.45) is -0.244. The van der Waals surface area contributed by atoms with Crippen LogP contribution in [0.25, 0.3) is 11.0 Å². The quantitative estimate of drug-likeness (QED) is 0.674. The lowest BCUT2D eigenvalue weighted by Gasteiger charge is -2.13. The summed E-state index contributed by atoms with van der Waals surface area (Å²) in [5, 5.41) is 1.07. The summed E-state index contributed by atoms with van der Waals surface area (Å²) in [7, 11) is 0. The van der Waals surface area contributed by atoms with Crippen molar-refractivity contribution in [3.8, 4) is 5.75 Å². The largest absolute Gasteiger partial charge is 0.481 e. The topological polar surface area (TPSA) is 37.9 Å². The fourth-order valence-corrected chi connectivity index (χ4v) is 2.75. The van der Waals surface area contributed by atoms with Gasteiger partial charge in [0.2, 0.25) is 0 Å². The highest BCUT2D eigenvalue weighted by molar-refractivity contribution is 6.35. The van der Waals surface area contributed by atoms with Crippen LogP contribution in [-0.4, -0.2) is 9.97 Å². The van der Waals surface area contributed by atoms with Gasteiger partial charge in [0.1, 0.15) is 11.6 Å². The maximum atomic E-state index is 6.14. The van der Waals surface area contributed by atoms with Gasteiger partial charge in [0.05, 0.1) is 16.1 Å². The molecule has 1 atom stereocenters. The molecule has 1 heterocycles. The Morgan fingerprint density at radius 3 is 2.55 bits per heavy atom.